The minimum Gasteiger partial charge on any atom is -0.481 e. The first-order valence-corrected chi connectivity index (χ1v) is 6.26. The van der Waals surface area contributed by atoms with E-state index >= 15 is 0 Å². The highest BCUT2D eigenvalue weighted by atomic mass is 16.4. The van der Waals surface area contributed by atoms with E-state index in [9.17, 15) is 14.7 Å². The number of hydrogen-bond acceptors (Lipinski definition) is 3. The average molecular weight is 262 g/mol. The fraction of sp³-hybridized carbons (Fsp3) is 0.429. The highest BCUT2D eigenvalue weighted by molar-refractivity contribution is 5.83. The molecule has 1 amide bonds. The van der Waals surface area contributed by atoms with Crippen molar-refractivity contribution >= 4 is 17.6 Å². The molecule has 0 radical (unpaired) electrons. The van der Waals surface area contributed by atoms with E-state index in [1.54, 1.807) is 7.05 Å². The second-order valence-electron chi connectivity index (χ2n) is 5.03. The van der Waals surface area contributed by atoms with Crippen molar-refractivity contribution in [2.45, 2.75) is 6.92 Å². The van der Waals surface area contributed by atoms with Crippen LogP contribution in [0.3, 0.4) is 0 Å². The molecule has 1 aromatic rings. The van der Waals surface area contributed by atoms with Crippen LogP contribution in [-0.2, 0) is 9.59 Å². The van der Waals surface area contributed by atoms with E-state index in [1.165, 1.54) is 4.90 Å². The van der Waals surface area contributed by atoms with Gasteiger partial charge in [-0.05, 0) is 19.1 Å². The monoisotopic (exact) mass is 262 g/mol. The third kappa shape index (κ3) is 3.05. The molecule has 1 fully saturated rings. The number of anilines is 1. The minimum atomic E-state index is -0.862. The van der Waals surface area contributed by atoms with Crippen LogP contribution in [0.4, 0.5) is 5.69 Å². The van der Waals surface area contributed by atoms with Gasteiger partial charge in [-0.15, -0.1) is 0 Å². The predicted molar refractivity (Wildman–Crippen MR) is 72.2 cm³/mol. The summed E-state index contributed by atoms with van der Waals surface area (Å²) in [5.74, 6) is -1.47. The Balaban J connectivity index is 2.25. The van der Waals surface area contributed by atoms with Gasteiger partial charge in [-0.3, -0.25) is 9.59 Å². The van der Waals surface area contributed by atoms with Crippen LogP contribution in [0, 0.1) is 12.8 Å². The van der Waals surface area contributed by atoms with Crippen LogP contribution in [0.5, 0.6) is 0 Å². The van der Waals surface area contributed by atoms with Gasteiger partial charge >= 0.3 is 5.97 Å². The van der Waals surface area contributed by atoms with Crippen LogP contribution in [-0.4, -0.2) is 48.6 Å². The van der Waals surface area contributed by atoms with Gasteiger partial charge in [0.2, 0.25) is 5.91 Å². The quantitative estimate of drug-likeness (QED) is 0.863. The number of carboxylic acids is 1. The van der Waals surface area contributed by atoms with Gasteiger partial charge in [0.25, 0.3) is 0 Å². The lowest BCUT2D eigenvalue weighted by molar-refractivity contribution is -0.142. The molecule has 1 saturated heterocycles. The van der Waals surface area contributed by atoms with Crippen molar-refractivity contribution in [3.05, 3.63) is 29.8 Å². The molecule has 2 rings (SSSR count). The molecule has 0 aliphatic carbocycles. The summed E-state index contributed by atoms with van der Waals surface area (Å²) in [5.41, 5.74) is 2.03. The third-order valence-electron chi connectivity index (χ3n) is 3.44. The number of rotatable bonds is 2. The Bertz CT molecular complexity index is 484. The van der Waals surface area contributed by atoms with E-state index in [-0.39, 0.29) is 19.0 Å². The summed E-state index contributed by atoms with van der Waals surface area (Å²) in [5, 5.41) is 9.21. The zero-order chi connectivity index (χ0) is 14.0. The number of carbonyl (C=O) groups excluding carboxylic acids is 1. The topological polar surface area (TPSA) is 60.9 Å². The van der Waals surface area contributed by atoms with E-state index < -0.39 is 11.9 Å². The number of benzene rings is 1. The van der Waals surface area contributed by atoms with Gasteiger partial charge in [0.1, 0.15) is 0 Å². The van der Waals surface area contributed by atoms with E-state index in [2.05, 4.69) is 0 Å². The lowest BCUT2D eigenvalue weighted by atomic mass is 10.1. The smallest absolute Gasteiger partial charge is 0.310 e. The second kappa shape index (κ2) is 5.30. The lowest BCUT2D eigenvalue weighted by Crippen LogP contribution is -2.34. The van der Waals surface area contributed by atoms with Crippen LogP contribution >= 0.6 is 0 Å². The van der Waals surface area contributed by atoms with Crippen molar-refractivity contribution in [2.24, 2.45) is 5.92 Å². The van der Waals surface area contributed by atoms with Crippen molar-refractivity contribution < 1.29 is 14.7 Å². The van der Waals surface area contributed by atoms with Crippen LogP contribution in [0.1, 0.15) is 5.56 Å². The lowest BCUT2D eigenvalue weighted by Gasteiger charge is -2.23. The molecular formula is C14H18N2O3. The average Bonchev–Trinajstić information content (AvgIpc) is 2.51. The number of amides is 1. The van der Waals surface area contributed by atoms with Crippen molar-refractivity contribution in [1.82, 2.24) is 4.90 Å². The normalized spacial score (nSPS) is 20.3. The first kappa shape index (κ1) is 13.4. The summed E-state index contributed by atoms with van der Waals surface area (Å²) in [7, 11) is 1.65. The standard InChI is InChI=1S/C14H18N2O3/c1-10-3-5-12(6-4-10)16-8-11(14(18)19)7-15(2)13(17)9-16/h3-6,11H,7-9H2,1-2H3,(H,18,19). The molecule has 1 atom stereocenters. The van der Waals surface area contributed by atoms with Gasteiger partial charge in [0.15, 0.2) is 0 Å². The van der Waals surface area contributed by atoms with E-state index in [0.29, 0.717) is 6.54 Å². The number of carboxylic acid groups (broad SMARTS) is 1. The highest BCUT2D eigenvalue weighted by Crippen LogP contribution is 2.19. The molecule has 1 aromatic carbocycles. The molecule has 0 saturated carbocycles. The number of aryl methyl sites for hydroxylation is 1. The van der Waals surface area contributed by atoms with Gasteiger partial charge in [-0.25, -0.2) is 0 Å². The minimum absolute atomic E-state index is 0.0516. The zero-order valence-electron chi connectivity index (χ0n) is 11.2. The Hall–Kier alpha value is -2.04. The van der Waals surface area contributed by atoms with Gasteiger partial charge < -0.3 is 14.9 Å². The number of carbonyl (C=O) groups is 2. The summed E-state index contributed by atoms with van der Waals surface area (Å²) in [4.78, 5) is 26.5. The SMILES string of the molecule is Cc1ccc(N2CC(=O)N(C)CC(C(=O)O)C2)cc1. The van der Waals surface area contributed by atoms with Crippen LogP contribution < -0.4 is 4.90 Å². The van der Waals surface area contributed by atoms with Gasteiger partial charge in [0.05, 0.1) is 12.5 Å². The number of hydrogen-bond donors (Lipinski definition) is 1. The van der Waals surface area contributed by atoms with Crippen LogP contribution in [0.2, 0.25) is 0 Å². The Labute approximate surface area is 112 Å². The first-order valence-electron chi connectivity index (χ1n) is 6.26. The predicted octanol–water partition coefficient (Wildman–Crippen LogP) is 0.974. The van der Waals surface area contributed by atoms with Crippen molar-refractivity contribution in [3.63, 3.8) is 0 Å². The molecule has 1 aliphatic heterocycles. The summed E-state index contributed by atoms with van der Waals surface area (Å²) in [6, 6.07) is 7.77. The largest absolute Gasteiger partial charge is 0.481 e. The van der Waals surface area contributed by atoms with Crippen LogP contribution in [0.15, 0.2) is 24.3 Å². The van der Waals surface area contributed by atoms with Gasteiger partial charge in [-0.1, -0.05) is 17.7 Å². The number of nitrogens with zero attached hydrogens (tertiary/aromatic N) is 2. The number of aliphatic carboxylic acids is 1. The molecule has 5 heteroatoms. The molecule has 102 valence electrons. The zero-order valence-corrected chi connectivity index (χ0v) is 11.2. The number of likely N-dealkylation sites (N-methyl/N-ethyl adjacent to an activating group) is 1. The molecule has 5 nitrogen and oxygen atoms in total. The summed E-state index contributed by atoms with van der Waals surface area (Å²) < 4.78 is 0. The van der Waals surface area contributed by atoms with Crippen LogP contribution in [0.25, 0.3) is 0 Å². The third-order valence-corrected chi connectivity index (χ3v) is 3.44. The fourth-order valence-corrected chi connectivity index (χ4v) is 2.21. The Morgan fingerprint density at radius 3 is 2.47 bits per heavy atom. The molecular weight excluding hydrogens is 244 g/mol. The Kier molecular flexibility index (Phi) is 3.74. The summed E-state index contributed by atoms with van der Waals surface area (Å²) in [6.07, 6.45) is 0. The summed E-state index contributed by atoms with van der Waals surface area (Å²) >= 11 is 0. The molecule has 1 N–H and O–H groups in total. The first-order chi connectivity index (χ1) is 8.97. The maximum atomic E-state index is 11.9. The molecule has 1 heterocycles. The summed E-state index contributed by atoms with van der Waals surface area (Å²) in [6.45, 7) is 2.83. The van der Waals surface area contributed by atoms with Gasteiger partial charge in [0, 0.05) is 25.8 Å². The van der Waals surface area contributed by atoms with Crippen molar-refractivity contribution in [1.29, 1.82) is 0 Å². The molecule has 19 heavy (non-hydrogen) atoms. The second-order valence-corrected chi connectivity index (χ2v) is 5.03. The molecule has 1 aliphatic rings. The molecule has 0 bridgehead atoms. The Morgan fingerprint density at radius 2 is 1.89 bits per heavy atom. The molecule has 0 spiro atoms. The molecule has 1 unspecified atom stereocenters. The van der Waals surface area contributed by atoms with Crippen molar-refractivity contribution in [2.75, 3.05) is 31.6 Å². The van der Waals surface area contributed by atoms with Gasteiger partial charge in [-0.2, -0.15) is 0 Å². The van der Waals surface area contributed by atoms with Crippen molar-refractivity contribution in [3.8, 4) is 0 Å². The van der Waals surface area contributed by atoms with E-state index in [1.807, 2.05) is 36.1 Å². The van der Waals surface area contributed by atoms with E-state index in [0.717, 1.165) is 11.3 Å². The molecule has 0 aromatic heterocycles. The maximum Gasteiger partial charge on any atom is 0.310 e. The van der Waals surface area contributed by atoms with E-state index in [4.69, 9.17) is 0 Å². The fourth-order valence-electron chi connectivity index (χ4n) is 2.21. The highest BCUT2D eigenvalue weighted by Gasteiger charge is 2.29. The Morgan fingerprint density at radius 1 is 1.26 bits per heavy atom. The maximum absolute atomic E-state index is 11.9.